The van der Waals surface area contributed by atoms with Crippen molar-refractivity contribution < 1.29 is 0 Å². The highest BCUT2D eigenvalue weighted by Crippen LogP contribution is 2.28. The molecule has 5 nitrogen and oxygen atoms in total. The zero-order valence-electron chi connectivity index (χ0n) is 11.5. The second kappa shape index (κ2) is 5.52. The molecule has 0 radical (unpaired) electrons. The van der Waals surface area contributed by atoms with Gasteiger partial charge < -0.3 is 16.0 Å². The summed E-state index contributed by atoms with van der Waals surface area (Å²) in [4.78, 5) is 2.37. The van der Waals surface area contributed by atoms with Gasteiger partial charge >= 0.3 is 0 Å². The van der Waals surface area contributed by atoms with Gasteiger partial charge in [0.05, 0.1) is 11.9 Å². The molecule has 1 unspecified atom stereocenters. The number of hydrogen-bond donors (Lipinski definition) is 2. The summed E-state index contributed by atoms with van der Waals surface area (Å²) in [5.41, 5.74) is 8.30. The lowest BCUT2D eigenvalue weighted by Crippen LogP contribution is -2.30. The second-order valence-electron chi connectivity index (χ2n) is 5.41. The molecule has 0 aromatic carbocycles. The van der Waals surface area contributed by atoms with E-state index in [4.69, 9.17) is 5.73 Å². The molecule has 1 atom stereocenters. The van der Waals surface area contributed by atoms with E-state index in [1.807, 2.05) is 13.2 Å². The number of nitrogens with zero attached hydrogens (tertiary/aromatic N) is 3. The predicted octanol–water partition coefficient (Wildman–Crippen LogP) is 1.06. The molecule has 0 spiro atoms. The van der Waals surface area contributed by atoms with Gasteiger partial charge in [-0.25, -0.2) is 0 Å². The van der Waals surface area contributed by atoms with E-state index >= 15 is 0 Å². The van der Waals surface area contributed by atoms with Crippen LogP contribution in [0.1, 0.15) is 25.8 Å². The van der Waals surface area contributed by atoms with Crippen molar-refractivity contribution >= 4 is 11.5 Å². The second-order valence-corrected chi connectivity index (χ2v) is 5.41. The Kier molecular flexibility index (Phi) is 4.01. The third-order valence-electron chi connectivity index (χ3n) is 3.51. The molecule has 5 heteroatoms. The molecule has 0 aliphatic carbocycles. The minimum atomic E-state index is 0.561. The van der Waals surface area contributed by atoms with E-state index < -0.39 is 0 Å². The predicted molar refractivity (Wildman–Crippen MR) is 74.7 cm³/mol. The highest BCUT2D eigenvalue weighted by molar-refractivity contribution is 5.60. The Labute approximate surface area is 109 Å². The maximum atomic E-state index is 5.99. The van der Waals surface area contributed by atoms with Crippen LogP contribution in [-0.4, -0.2) is 36.4 Å². The van der Waals surface area contributed by atoms with Crippen LogP contribution < -0.4 is 16.0 Å². The minimum absolute atomic E-state index is 0.561. The highest BCUT2D eigenvalue weighted by atomic mass is 15.2. The Morgan fingerprint density at radius 2 is 2.33 bits per heavy atom. The number of anilines is 2. The van der Waals surface area contributed by atoms with Gasteiger partial charge in [-0.15, -0.1) is 5.10 Å². The molecule has 1 aliphatic heterocycles. The number of likely N-dealkylation sites (N-methyl/N-ethyl adjacent to an activating group) is 1. The largest absolute Gasteiger partial charge is 0.382 e. The van der Waals surface area contributed by atoms with Crippen LogP contribution in [0.2, 0.25) is 0 Å². The molecule has 3 N–H and O–H groups in total. The quantitative estimate of drug-likeness (QED) is 0.835. The van der Waals surface area contributed by atoms with Crippen LogP contribution in [-0.2, 0) is 6.42 Å². The molecule has 2 rings (SSSR count). The standard InChI is InChI=1S/C13H23N5/c1-9(2)6-11-12(7-16-17-13(11)14)18-5-4-10(8-18)15-3/h7,9-10,15H,4-6,8H2,1-3H3,(H2,14,17). The van der Waals surface area contributed by atoms with Crippen molar-refractivity contribution in [3.63, 3.8) is 0 Å². The number of hydrogen-bond acceptors (Lipinski definition) is 5. The van der Waals surface area contributed by atoms with E-state index in [1.165, 1.54) is 6.42 Å². The minimum Gasteiger partial charge on any atom is -0.382 e. The number of aromatic nitrogens is 2. The molecule has 0 bridgehead atoms. The summed E-state index contributed by atoms with van der Waals surface area (Å²) in [6, 6.07) is 0.561. The van der Waals surface area contributed by atoms with Gasteiger partial charge in [-0.1, -0.05) is 13.8 Å². The first-order valence-electron chi connectivity index (χ1n) is 6.64. The van der Waals surface area contributed by atoms with Crippen LogP contribution in [0, 0.1) is 5.92 Å². The number of nitrogen functional groups attached to an aromatic ring is 1. The monoisotopic (exact) mass is 249 g/mol. The lowest BCUT2D eigenvalue weighted by Gasteiger charge is -2.22. The zero-order chi connectivity index (χ0) is 13.1. The van der Waals surface area contributed by atoms with Crippen molar-refractivity contribution in [2.24, 2.45) is 5.92 Å². The van der Waals surface area contributed by atoms with Crippen molar-refractivity contribution in [1.82, 2.24) is 15.5 Å². The average Bonchev–Trinajstić information content (AvgIpc) is 2.80. The Balaban J connectivity index is 2.24. The van der Waals surface area contributed by atoms with Crippen molar-refractivity contribution in [3.8, 4) is 0 Å². The summed E-state index contributed by atoms with van der Waals surface area (Å²) in [6.45, 7) is 6.47. The lowest BCUT2D eigenvalue weighted by molar-refractivity contribution is 0.615. The molecule has 1 saturated heterocycles. The van der Waals surface area contributed by atoms with Gasteiger partial charge in [-0.3, -0.25) is 0 Å². The van der Waals surface area contributed by atoms with Crippen LogP contribution in [0.15, 0.2) is 6.20 Å². The summed E-state index contributed by atoms with van der Waals surface area (Å²) >= 11 is 0. The van der Waals surface area contributed by atoms with E-state index in [1.54, 1.807) is 0 Å². The van der Waals surface area contributed by atoms with Gasteiger partial charge in [0.2, 0.25) is 0 Å². The normalized spacial score (nSPS) is 19.8. The van der Waals surface area contributed by atoms with Gasteiger partial charge in [0, 0.05) is 24.7 Å². The molecule has 1 aromatic rings. The third-order valence-corrected chi connectivity index (χ3v) is 3.51. The summed E-state index contributed by atoms with van der Waals surface area (Å²) in [6.07, 6.45) is 3.98. The molecule has 0 amide bonds. The molecule has 1 fully saturated rings. The fourth-order valence-corrected chi connectivity index (χ4v) is 2.52. The fourth-order valence-electron chi connectivity index (χ4n) is 2.52. The Morgan fingerprint density at radius 3 is 2.94 bits per heavy atom. The van der Waals surface area contributed by atoms with E-state index in [0.29, 0.717) is 17.8 Å². The highest BCUT2D eigenvalue weighted by Gasteiger charge is 2.24. The average molecular weight is 249 g/mol. The Hall–Kier alpha value is -1.36. The molecule has 1 aliphatic rings. The Morgan fingerprint density at radius 1 is 1.56 bits per heavy atom. The van der Waals surface area contributed by atoms with Crippen LogP contribution in [0.25, 0.3) is 0 Å². The third kappa shape index (κ3) is 2.72. The van der Waals surface area contributed by atoms with Gasteiger partial charge in [0.1, 0.15) is 0 Å². The molecular formula is C13H23N5. The number of nitrogens with one attached hydrogen (secondary N) is 1. The topological polar surface area (TPSA) is 67.1 Å². The van der Waals surface area contributed by atoms with Crippen LogP contribution in [0.5, 0.6) is 0 Å². The summed E-state index contributed by atoms with van der Waals surface area (Å²) in [5.74, 6) is 1.15. The summed E-state index contributed by atoms with van der Waals surface area (Å²) in [5, 5.41) is 11.3. The lowest BCUT2D eigenvalue weighted by atomic mass is 10.0. The molecule has 2 heterocycles. The first-order chi connectivity index (χ1) is 8.61. The van der Waals surface area contributed by atoms with Crippen molar-refractivity contribution in [3.05, 3.63) is 11.8 Å². The SMILES string of the molecule is CNC1CCN(c2cnnc(N)c2CC(C)C)C1. The van der Waals surface area contributed by atoms with Gasteiger partial charge in [-0.05, 0) is 25.8 Å². The van der Waals surface area contributed by atoms with E-state index in [-0.39, 0.29) is 0 Å². The van der Waals surface area contributed by atoms with Crippen LogP contribution in [0.4, 0.5) is 11.5 Å². The molecule has 1 aromatic heterocycles. The van der Waals surface area contributed by atoms with E-state index in [0.717, 1.165) is 30.8 Å². The first-order valence-corrected chi connectivity index (χ1v) is 6.64. The number of nitrogens with two attached hydrogens (primary N) is 1. The zero-order valence-corrected chi connectivity index (χ0v) is 11.5. The van der Waals surface area contributed by atoms with Crippen molar-refractivity contribution in [2.75, 3.05) is 30.8 Å². The van der Waals surface area contributed by atoms with E-state index in [2.05, 4.69) is 34.3 Å². The first kappa shape index (κ1) is 13.1. The van der Waals surface area contributed by atoms with E-state index in [9.17, 15) is 0 Å². The molecule has 0 saturated carbocycles. The Bertz CT molecular complexity index is 404. The van der Waals surface area contributed by atoms with Crippen molar-refractivity contribution in [2.45, 2.75) is 32.7 Å². The van der Waals surface area contributed by atoms with Crippen LogP contribution >= 0.6 is 0 Å². The fraction of sp³-hybridized carbons (Fsp3) is 0.692. The summed E-state index contributed by atoms with van der Waals surface area (Å²) < 4.78 is 0. The molecule has 100 valence electrons. The number of rotatable bonds is 4. The maximum absolute atomic E-state index is 5.99. The van der Waals surface area contributed by atoms with Crippen LogP contribution in [0.3, 0.4) is 0 Å². The molecule has 18 heavy (non-hydrogen) atoms. The van der Waals surface area contributed by atoms with Gasteiger partial charge in [0.25, 0.3) is 0 Å². The van der Waals surface area contributed by atoms with Gasteiger partial charge in [-0.2, -0.15) is 5.10 Å². The summed E-state index contributed by atoms with van der Waals surface area (Å²) in [7, 11) is 2.02. The smallest absolute Gasteiger partial charge is 0.151 e. The maximum Gasteiger partial charge on any atom is 0.151 e. The van der Waals surface area contributed by atoms with Gasteiger partial charge in [0.15, 0.2) is 5.82 Å². The molecular weight excluding hydrogens is 226 g/mol. The van der Waals surface area contributed by atoms with Crippen molar-refractivity contribution in [1.29, 1.82) is 0 Å².